The van der Waals surface area contributed by atoms with Crippen LogP contribution >= 0.6 is 7.14 Å². The number of nitrogens with zero attached hydrogens (tertiary/aromatic N) is 1. The fourth-order valence-corrected chi connectivity index (χ4v) is 7.67. The van der Waals surface area contributed by atoms with Gasteiger partial charge in [-0.15, -0.1) is 0 Å². The lowest BCUT2D eigenvalue weighted by Crippen LogP contribution is -2.26. The Balaban J connectivity index is 1.72. The molecule has 0 atom stereocenters. The molecule has 6 rings (SSSR count). The van der Waals surface area contributed by atoms with Crippen LogP contribution in [-0.4, -0.2) is 4.98 Å². The zero-order chi connectivity index (χ0) is 27.0. The zero-order valence-electron chi connectivity index (χ0n) is 20.6. The Hall–Kier alpha value is -4.47. The number of aromatic nitrogens is 1. The van der Waals surface area contributed by atoms with Crippen molar-refractivity contribution < 1.29 is 17.7 Å². The van der Waals surface area contributed by atoms with Gasteiger partial charge in [-0.1, -0.05) is 84.9 Å². The molecule has 2 nitrogen and oxygen atoms in total. The van der Waals surface area contributed by atoms with Gasteiger partial charge in [0.05, 0.1) is 11.2 Å². The Morgan fingerprint density at radius 1 is 0.564 bits per heavy atom. The third-order valence-electron chi connectivity index (χ3n) is 6.77. The maximum Gasteiger partial charge on any atom is 0.173 e. The Morgan fingerprint density at radius 3 is 1.79 bits per heavy atom. The Morgan fingerprint density at radius 2 is 1.18 bits per heavy atom. The van der Waals surface area contributed by atoms with Gasteiger partial charge in [0.1, 0.15) is 5.82 Å². The molecule has 1 heterocycles. The van der Waals surface area contributed by atoms with Gasteiger partial charge in [0.2, 0.25) is 0 Å². The van der Waals surface area contributed by atoms with Crippen molar-refractivity contribution >= 4 is 34.0 Å². The molecule has 0 aliphatic carbocycles. The van der Waals surface area contributed by atoms with E-state index in [4.69, 9.17) is 4.98 Å². The molecule has 0 fully saturated rings. The fourth-order valence-electron chi connectivity index (χ4n) is 4.86. The smallest absolute Gasteiger partial charge is 0.173 e. The van der Waals surface area contributed by atoms with Crippen LogP contribution in [0, 0.1) is 17.5 Å². The van der Waals surface area contributed by atoms with Crippen molar-refractivity contribution in [3.8, 4) is 22.4 Å². The summed E-state index contributed by atoms with van der Waals surface area (Å²) in [7, 11) is -3.43. The lowest BCUT2D eigenvalue weighted by Gasteiger charge is -2.22. The van der Waals surface area contributed by atoms with Crippen molar-refractivity contribution in [2.24, 2.45) is 0 Å². The van der Waals surface area contributed by atoms with E-state index in [1.807, 2.05) is 72.8 Å². The third kappa shape index (κ3) is 4.45. The standard InChI is InChI=1S/C33H21F3NOP/c34-24-17-14-22(15-18-24)28-21-31(23-16-19-29(35)30(36)20-23)37-33-27(28)12-7-13-32(33)39(38,25-8-3-1-4-9-25)26-10-5-2-6-11-26/h1-21H. The molecular formula is C33H21F3NOP. The van der Waals surface area contributed by atoms with Crippen LogP contribution in [0.25, 0.3) is 33.3 Å². The molecule has 1 aromatic heterocycles. The average Bonchev–Trinajstić information content (AvgIpc) is 2.98. The number of para-hydroxylation sites is 1. The van der Waals surface area contributed by atoms with Crippen molar-refractivity contribution in [1.29, 1.82) is 0 Å². The number of halogens is 3. The van der Waals surface area contributed by atoms with Gasteiger partial charge in [-0.25, -0.2) is 18.2 Å². The summed E-state index contributed by atoms with van der Waals surface area (Å²) >= 11 is 0. The third-order valence-corrected chi connectivity index (χ3v) is 9.86. The number of benzene rings is 5. The lowest BCUT2D eigenvalue weighted by atomic mass is 9.98. The first kappa shape index (κ1) is 24.8. The quantitative estimate of drug-likeness (QED) is 0.213. The van der Waals surface area contributed by atoms with Crippen molar-refractivity contribution in [3.63, 3.8) is 0 Å². The number of hydrogen-bond acceptors (Lipinski definition) is 2. The first-order valence-corrected chi connectivity index (χ1v) is 14.0. The van der Waals surface area contributed by atoms with E-state index in [0.717, 1.165) is 12.1 Å². The lowest BCUT2D eigenvalue weighted by molar-refractivity contribution is 0.509. The monoisotopic (exact) mass is 535 g/mol. The van der Waals surface area contributed by atoms with Crippen molar-refractivity contribution in [1.82, 2.24) is 4.98 Å². The van der Waals surface area contributed by atoms with E-state index >= 15 is 4.57 Å². The molecule has 39 heavy (non-hydrogen) atoms. The highest BCUT2D eigenvalue weighted by Gasteiger charge is 2.32. The normalized spacial score (nSPS) is 11.6. The molecule has 0 saturated heterocycles. The highest BCUT2D eigenvalue weighted by Crippen LogP contribution is 2.45. The van der Waals surface area contributed by atoms with Crippen LogP contribution in [0.1, 0.15) is 0 Å². The summed E-state index contributed by atoms with van der Waals surface area (Å²) in [4.78, 5) is 4.90. The van der Waals surface area contributed by atoms with Gasteiger partial charge in [0, 0.05) is 26.9 Å². The van der Waals surface area contributed by atoms with E-state index in [1.165, 1.54) is 18.2 Å². The van der Waals surface area contributed by atoms with Gasteiger partial charge >= 0.3 is 0 Å². The van der Waals surface area contributed by atoms with Crippen LogP contribution in [0.4, 0.5) is 13.2 Å². The van der Waals surface area contributed by atoms with Crippen LogP contribution in [0.15, 0.2) is 127 Å². The second kappa shape index (κ2) is 10.0. The number of pyridine rings is 1. The molecule has 0 radical (unpaired) electrons. The molecule has 6 aromatic rings. The minimum atomic E-state index is -3.43. The molecule has 0 N–H and O–H groups in total. The number of rotatable bonds is 5. The molecule has 0 spiro atoms. The SMILES string of the molecule is O=P(c1ccccc1)(c1ccccc1)c1cccc2c(-c3ccc(F)cc3)cc(-c3ccc(F)c(F)c3)nc12. The first-order chi connectivity index (χ1) is 18.9. The van der Waals surface area contributed by atoms with Gasteiger partial charge in [-0.3, -0.25) is 0 Å². The van der Waals surface area contributed by atoms with Gasteiger partial charge in [-0.05, 0) is 53.6 Å². The molecule has 5 aromatic carbocycles. The Kier molecular flexibility index (Phi) is 6.38. The molecule has 0 bridgehead atoms. The predicted molar refractivity (Wildman–Crippen MR) is 152 cm³/mol. The number of fused-ring (bicyclic) bond motifs is 1. The van der Waals surface area contributed by atoms with Crippen LogP contribution in [0.2, 0.25) is 0 Å². The Bertz CT molecular complexity index is 1810. The van der Waals surface area contributed by atoms with Crippen LogP contribution in [0.5, 0.6) is 0 Å². The maximum atomic E-state index is 15.3. The second-order valence-electron chi connectivity index (χ2n) is 9.14. The molecule has 0 amide bonds. The summed E-state index contributed by atoms with van der Waals surface area (Å²) in [6, 6.07) is 35.4. The van der Waals surface area contributed by atoms with E-state index in [0.29, 0.717) is 49.2 Å². The van der Waals surface area contributed by atoms with Gasteiger partial charge in [-0.2, -0.15) is 0 Å². The summed E-state index contributed by atoms with van der Waals surface area (Å²) in [5.41, 5.74) is 2.62. The minimum absolute atomic E-state index is 0.364. The highest BCUT2D eigenvalue weighted by molar-refractivity contribution is 7.85. The average molecular weight is 536 g/mol. The summed E-state index contributed by atoms with van der Waals surface area (Å²) in [6.07, 6.45) is 0. The zero-order valence-corrected chi connectivity index (χ0v) is 21.5. The van der Waals surface area contributed by atoms with Crippen LogP contribution < -0.4 is 15.9 Å². The summed E-state index contributed by atoms with van der Waals surface area (Å²) < 4.78 is 57.1. The fraction of sp³-hybridized carbons (Fsp3) is 0. The van der Waals surface area contributed by atoms with Crippen molar-refractivity contribution in [2.75, 3.05) is 0 Å². The molecule has 0 aliphatic rings. The van der Waals surface area contributed by atoms with E-state index in [1.54, 1.807) is 24.3 Å². The molecule has 0 aliphatic heterocycles. The maximum absolute atomic E-state index is 15.3. The highest BCUT2D eigenvalue weighted by atomic mass is 31.2. The summed E-state index contributed by atoms with van der Waals surface area (Å²) in [6.45, 7) is 0. The first-order valence-electron chi connectivity index (χ1n) is 12.3. The minimum Gasteiger partial charge on any atom is -0.309 e. The predicted octanol–water partition coefficient (Wildman–Crippen LogP) is 7.63. The van der Waals surface area contributed by atoms with Crippen LogP contribution in [0.3, 0.4) is 0 Å². The number of hydrogen-bond donors (Lipinski definition) is 0. The molecule has 0 unspecified atom stereocenters. The van der Waals surface area contributed by atoms with E-state index in [2.05, 4.69) is 0 Å². The molecular weight excluding hydrogens is 514 g/mol. The second-order valence-corrected chi connectivity index (χ2v) is 11.9. The summed E-state index contributed by atoms with van der Waals surface area (Å²) in [5, 5.41) is 2.52. The van der Waals surface area contributed by atoms with E-state index in [-0.39, 0.29) is 5.82 Å². The van der Waals surface area contributed by atoms with Crippen LogP contribution in [-0.2, 0) is 4.57 Å². The van der Waals surface area contributed by atoms with Gasteiger partial charge < -0.3 is 4.57 Å². The molecule has 6 heteroatoms. The van der Waals surface area contributed by atoms with E-state index < -0.39 is 18.8 Å². The van der Waals surface area contributed by atoms with Gasteiger partial charge in [0.15, 0.2) is 18.8 Å². The van der Waals surface area contributed by atoms with E-state index in [9.17, 15) is 13.2 Å². The summed E-state index contributed by atoms with van der Waals surface area (Å²) in [5.74, 6) is -2.34. The largest absolute Gasteiger partial charge is 0.309 e. The van der Waals surface area contributed by atoms with Gasteiger partial charge in [0.25, 0.3) is 0 Å². The van der Waals surface area contributed by atoms with Crippen molar-refractivity contribution in [3.05, 3.63) is 145 Å². The van der Waals surface area contributed by atoms with Crippen molar-refractivity contribution in [2.45, 2.75) is 0 Å². The molecule has 190 valence electrons. The topological polar surface area (TPSA) is 30.0 Å². The Labute approximate surface area is 223 Å². The molecule has 0 saturated carbocycles.